The summed E-state index contributed by atoms with van der Waals surface area (Å²) in [5, 5.41) is 0.809. The number of rotatable bonds is 9. The Morgan fingerprint density at radius 3 is 2.58 bits per heavy atom. The van der Waals surface area contributed by atoms with Gasteiger partial charge in [-0.3, -0.25) is 4.79 Å². The molecule has 3 saturated carbocycles. The Morgan fingerprint density at radius 1 is 1.06 bits per heavy atom. The molecule has 3 fully saturated rings. The molecule has 0 unspecified atom stereocenters. The predicted molar refractivity (Wildman–Crippen MR) is 148 cm³/mol. The van der Waals surface area contributed by atoms with Gasteiger partial charge in [0.05, 0.1) is 4.83 Å². The lowest BCUT2D eigenvalue weighted by Crippen LogP contribution is -2.50. The fraction of sp³-hybridized carbons (Fsp3) is 0.900. The molecule has 4 aliphatic carbocycles. The van der Waals surface area contributed by atoms with E-state index in [4.69, 9.17) is 0 Å². The van der Waals surface area contributed by atoms with Crippen molar-refractivity contribution in [1.29, 1.82) is 0 Å². The third-order valence-electron chi connectivity index (χ3n) is 10.8. The van der Waals surface area contributed by atoms with Crippen LogP contribution < -0.4 is 0 Å². The van der Waals surface area contributed by atoms with Crippen LogP contribution >= 0.6 is 27.7 Å². The molecule has 0 spiro atoms. The molecule has 0 amide bonds. The molecule has 0 saturated heterocycles. The van der Waals surface area contributed by atoms with Crippen LogP contribution in [-0.2, 0) is 4.79 Å². The van der Waals surface area contributed by atoms with Crippen LogP contribution in [0.2, 0.25) is 0 Å². The summed E-state index contributed by atoms with van der Waals surface area (Å²) in [5.41, 5.74) is 2.73. The van der Waals surface area contributed by atoms with Crippen molar-refractivity contribution >= 4 is 32.8 Å². The maximum Gasteiger partial charge on any atom is 0.202 e. The van der Waals surface area contributed by atoms with Crippen molar-refractivity contribution in [1.82, 2.24) is 0 Å². The zero-order valence-electron chi connectivity index (χ0n) is 21.8. The largest absolute Gasteiger partial charge is 0.286 e. The molecule has 33 heavy (non-hydrogen) atoms. The monoisotopic (exact) mass is 536 g/mol. The van der Waals surface area contributed by atoms with E-state index in [9.17, 15) is 4.79 Å². The van der Waals surface area contributed by atoms with Gasteiger partial charge in [-0.1, -0.05) is 98.6 Å². The van der Waals surface area contributed by atoms with Crippen LogP contribution in [0.25, 0.3) is 0 Å². The average Bonchev–Trinajstić information content (AvgIpc) is 3.12. The standard InChI is InChI=1S/C30H49BrOS/c1-5-6-7-8-9-10-11-22-13-15-26-25-14-12-23-20-24(33-28(32)21(2)31)16-18-30(23,4)27(25)17-19-29(22,26)3/h12,21-22,24-27H,5-11,13-20H2,1-4H3/t21-,22+,24+,25-,26+,27-,29-,30+/m1/s1. The zero-order chi connectivity index (χ0) is 23.6. The van der Waals surface area contributed by atoms with Gasteiger partial charge in [-0.2, -0.15) is 0 Å². The highest BCUT2D eigenvalue weighted by atomic mass is 79.9. The number of hydrogen-bond donors (Lipinski definition) is 0. The summed E-state index contributed by atoms with van der Waals surface area (Å²) in [6, 6.07) is 0. The lowest BCUT2D eigenvalue weighted by Gasteiger charge is -2.58. The molecule has 1 nitrogen and oxygen atoms in total. The van der Waals surface area contributed by atoms with Gasteiger partial charge < -0.3 is 0 Å². The maximum absolute atomic E-state index is 12.3. The number of unbranched alkanes of at least 4 members (excludes halogenated alkanes) is 5. The molecular weight excluding hydrogens is 488 g/mol. The minimum absolute atomic E-state index is 0.0248. The number of carbonyl (C=O) groups excluding carboxylic acids is 1. The lowest BCUT2D eigenvalue weighted by molar-refractivity contribution is -0.110. The summed E-state index contributed by atoms with van der Waals surface area (Å²) in [6.07, 6.45) is 23.7. The van der Waals surface area contributed by atoms with Crippen molar-refractivity contribution in [2.45, 2.75) is 134 Å². The minimum Gasteiger partial charge on any atom is -0.286 e. The number of allylic oxidation sites excluding steroid dienone is 2. The molecule has 188 valence electrons. The number of hydrogen-bond acceptors (Lipinski definition) is 2. The fourth-order valence-electron chi connectivity index (χ4n) is 8.74. The molecule has 0 aromatic heterocycles. The Kier molecular flexibility index (Phi) is 8.85. The molecule has 0 heterocycles. The SMILES string of the molecule is CCCCCCCC[C@H]1CC[C@H]2[C@H]3CC=C4C[C@@H](SC(=O)[C@@H](C)Br)CC[C@]4(C)[C@@H]3CC[C@]12C. The summed E-state index contributed by atoms with van der Waals surface area (Å²) >= 11 is 5.09. The van der Waals surface area contributed by atoms with E-state index in [0.717, 1.165) is 30.1 Å². The van der Waals surface area contributed by atoms with Crippen LogP contribution in [0, 0.1) is 34.5 Å². The molecule has 0 bridgehead atoms. The highest BCUT2D eigenvalue weighted by molar-refractivity contribution is 9.10. The fourth-order valence-corrected chi connectivity index (χ4v) is 10.1. The minimum atomic E-state index is -0.0248. The van der Waals surface area contributed by atoms with E-state index >= 15 is 0 Å². The summed E-state index contributed by atoms with van der Waals surface area (Å²) in [4.78, 5) is 12.3. The maximum atomic E-state index is 12.3. The topological polar surface area (TPSA) is 17.1 Å². The Hall–Kier alpha value is 0.240. The lowest BCUT2D eigenvalue weighted by atomic mass is 9.47. The van der Waals surface area contributed by atoms with Gasteiger partial charge in [-0.15, -0.1) is 0 Å². The Bertz CT molecular complexity index is 716. The predicted octanol–water partition coefficient (Wildman–Crippen LogP) is 9.73. The van der Waals surface area contributed by atoms with Gasteiger partial charge in [0, 0.05) is 5.25 Å². The average molecular weight is 538 g/mol. The van der Waals surface area contributed by atoms with Gasteiger partial charge in [-0.05, 0) is 99.2 Å². The zero-order valence-corrected chi connectivity index (χ0v) is 24.2. The quantitative estimate of drug-likeness (QED) is 0.165. The summed E-state index contributed by atoms with van der Waals surface area (Å²) in [6.45, 7) is 9.59. The van der Waals surface area contributed by atoms with E-state index in [1.54, 1.807) is 17.3 Å². The highest BCUT2D eigenvalue weighted by Gasteiger charge is 2.58. The van der Waals surface area contributed by atoms with Crippen molar-refractivity contribution in [2.75, 3.05) is 0 Å². The van der Waals surface area contributed by atoms with E-state index in [1.165, 1.54) is 89.9 Å². The molecule has 4 rings (SSSR count). The van der Waals surface area contributed by atoms with E-state index in [-0.39, 0.29) is 4.83 Å². The third kappa shape index (κ3) is 5.35. The Labute approximate surface area is 217 Å². The van der Waals surface area contributed by atoms with Crippen LogP contribution in [0.1, 0.15) is 124 Å². The molecule has 0 aromatic rings. The Morgan fingerprint density at radius 2 is 1.82 bits per heavy atom. The second-order valence-corrected chi connectivity index (χ2v) is 15.2. The number of carbonyl (C=O) groups is 1. The van der Waals surface area contributed by atoms with Gasteiger partial charge in [0.1, 0.15) is 0 Å². The van der Waals surface area contributed by atoms with E-state index in [2.05, 4.69) is 42.8 Å². The van der Waals surface area contributed by atoms with Gasteiger partial charge in [0.2, 0.25) is 5.12 Å². The number of halogens is 1. The van der Waals surface area contributed by atoms with Crippen LogP contribution in [0.15, 0.2) is 11.6 Å². The number of alkyl halides is 1. The van der Waals surface area contributed by atoms with Crippen LogP contribution in [0.3, 0.4) is 0 Å². The first kappa shape index (κ1) is 26.3. The third-order valence-corrected chi connectivity index (χ3v) is 12.8. The molecule has 0 radical (unpaired) electrons. The number of thioether (sulfide) groups is 1. The molecule has 0 aromatic carbocycles. The van der Waals surface area contributed by atoms with Gasteiger partial charge in [-0.25, -0.2) is 0 Å². The molecule has 4 aliphatic rings. The second kappa shape index (κ2) is 11.1. The van der Waals surface area contributed by atoms with Crippen molar-refractivity contribution in [3.63, 3.8) is 0 Å². The highest BCUT2D eigenvalue weighted by Crippen LogP contribution is 2.67. The first-order valence-electron chi connectivity index (χ1n) is 14.3. The van der Waals surface area contributed by atoms with Crippen molar-refractivity contribution in [3.05, 3.63) is 11.6 Å². The first-order valence-corrected chi connectivity index (χ1v) is 16.1. The van der Waals surface area contributed by atoms with Crippen LogP contribution in [-0.4, -0.2) is 15.2 Å². The molecule has 0 N–H and O–H groups in total. The molecule has 8 atom stereocenters. The van der Waals surface area contributed by atoms with Crippen molar-refractivity contribution in [3.8, 4) is 0 Å². The summed E-state index contributed by atoms with van der Waals surface area (Å²) in [5.74, 6) is 3.75. The second-order valence-electron chi connectivity index (χ2n) is 12.6. The first-order chi connectivity index (χ1) is 15.8. The molecule has 0 aliphatic heterocycles. The van der Waals surface area contributed by atoms with Gasteiger partial charge in [0.15, 0.2) is 0 Å². The van der Waals surface area contributed by atoms with E-state index < -0.39 is 0 Å². The summed E-state index contributed by atoms with van der Waals surface area (Å²) in [7, 11) is 0. The Balaban J connectivity index is 1.38. The van der Waals surface area contributed by atoms with Gasteiger partial charge >= 0.3 is 0 Å². The summed E-state index contributed by atoms with van der Waals surface area (Å²) < 4.78 is 0. The smallest absolute Gasteiger partial charge is 0.202 e. The molecule has 3 heteroatoms. The van der Waals surface area contributed by atoms with Crippen LogP contribution in [0.4, 0.5) is 0 Å². The van der Waals surface area contributed by atoms with E-state index in [1.807, 2.05) is 6.92 Å². The van der Waals surface area contributed by atoms with Gasteiger partial charge in [0.25, 0.3) is 0 Å². The van der Waals surface area contributed by atoms with Crippen molar-refractivity contribution in [2.24, 2.45) is 34.5 Å². The molecular formula is C30H49BrOS. The van der Waals surface area contributed by atoms with Crippen LogP contribution in [0.5, 0.6) is 0 Å². The van der Waals surface area contributed by atoms with Crippen molar-refractivity contribution < 1.29 is 4.79 Å². The normalized spacial score (nSPS) is 41.0. The number of fused-ring (bicyclic) bond motifs is 5. The van der Waals surface area contributed by atoms with E-state index in [0.29, 0.717) is 21.2 Å².